The van der Waals surface area contributed by atoms with Gasteiger partial charge in [-0.2, -0.15) is 0 Å². The van der Waals surface area contributed by atoms with Crippen molar-refractivity contribution < 1.29 is 18.6 Å². The molecule has 2 N–H and O–H groups in total. The first kappa shape index (κ1) is 23.8. The molecule has 0 atom stereocenters. The number of ether oxygens (including phenoxy) is 3. The Bertz CT molecular complexity index is 787. The molecule has 0 fully saturated rings. The van der Waals surface area contributed by atoms with Crippen molar-refractivity contribution in [2.75, 3.05) is 32.7 Å². The molecular weight excluding hydrogens is 476 g/mol. The second-order valence-electron chi connectivity index (χ2n) is 5.55. The van der Waals surface area contributed by atoms with Gasteiger partial charge in [0, 0.05) is 25.3 Å². The second-order valence-corrected chi connectivity index (χ2v) is 5.55. The lowest BCUT2D eigenvalue weighted by atomic mass is 10.2. The molecule has 154 valence electrons. The second kappa shape index (κ2) is 12.3. The van der Waals surface area contributed by atoms with Gasteiger partial charge in [0.25, 0.3) is 0 Å². The highest BCUT2D eigenvalue weighted by Gasteiger charge is 2.08. The SMILES string of the molecule is CCOc1ccc(CNC(=NC)Nc2ccc(OC)c(OCC)c2)cc1F.I. The van der Waals surface area contributed by atoms with Gasteiger partial charge in [0.05, 0.1) is 20.3 Å². The minimum atomic E-state index is -0.379. The number of hydrogen-bond donors (Lipinski definition) is 2. The summed E-state index contributed by atoms with van der Waals surface area (Å²) in [7, 11) is 3.27. The van der Waals surface area contributed by atoms with Gasteiger partial charge in [0.15, 0.2) is 29.0 Å². The first-order valence-electron chi connectivity index (χ1n) is 8.81. The van der Waals surface area contributed by atoms with Gasteiger partial charge in [-0.1, -0.05) is 6.07 Å². The molecule has 0 unspecified atom stereocenters. The fourth-order valence-electron chi connectivity index (χ4n) is 2.45. The van der Waals surface area contributed by atoms with Gasteiger partial charge in [-0.15, -0.1) is 24.0 Å². The third-order valence-electron chi connectivity index (χ3n) is 3.71. The largest absolute Gasteiger partial charge is 0.493 e. The maximum absolute atomic E-state index is 14.0. The third kappa shape index (κ3) is 6.74. The minimum Gasteiger partial charge on any atom is -0.493 e. The summed E-state index contributed by atoms with van der Waals surface area (Å²) >= 11 is 0. The van der Waals surface area contributed by atoms with Crippen molar-refractivity contribution in [1.29, 1.82) is 0 Å². The van der Waals surface area contributed by atoms with Crippen LogP contribution in [0.4, 0.5) is 10.1 Å². The highest BCUT2D eigenvalue weighted by molar-refractivity contribution is 14.0. The summed E-state index contributed by atoms with van der Waals surface area (Å²) in [6.45, 7) is 5.11. The zero-order valence-corrected chi connectivity index (χ0v) is 18.9. The molecule has 0 aliphatic heterocycles. The Morgan fingerprint density at radius 3 is 2.29 bits per heavy atom. The molecule has 0 heterocycles. The summed E-state index contributed by atoms with van der Waals surface area (Å²) in [5, 5.41) is 6.33. The Morgan fingerprint density at radius 1 is 1.00 bits per heavy atom. The standard InChI is InChI=1S/C20H26FN3O3.HI/c1-5-26-17-9-7-14(11-16(17)21)13-23-20(22-3)24-15-8-10-18(25-4)19(12-15)27-6-2;/h7-12H,5-6,13H2,1-4H3,(H2,22,23,24);1H. The molecule has 2 rings (SSSR count). The van der Waals surface area contributed by atoms with Crippen molar-refractivity contribution >= 4 is 35.6 Å². The lowest BCUT2D eigenvalue weighted by Gasteiger charge is -2.15. The van der Waals surface area contributed by atoms with Crippen molar-refractivity contribution in [3.63, 3.8) is 0 Å². The molecule has 6 nitrogen and oxygen atoms in total. The molecular formula is C20H27FIN3O3. The van der Waals surface area contributed by atoms with Crippen LogP contribution in [-0.2, 0) is 6.54 Å². The van der Waals surface area contributed by atoms with E-state index in [9.17, 15) is 4.39 Å². The van der Waals surface area contributed by atoms with Crippen LogP contribution >= 0.6 is 24.0 Å². The van der Waals surface area contributed by atoms with Gasteiger partial charge in [0.1, 0.15) is 0 Å². The number of nitrogens with one attached hydrogen (secondary N) is 2. The smallest absolute Gasteiger partial charge is 0.195 e. The van der Waals surface area contributed by atoms with Crippen LogP contribution in [0, 0.1) is 5.82 Å². The Balaban J connectivity index is 0.00000392. The molecule has 0 amide bonds. The highest BCUT2D eigenvalue weighted by atomic mass is 127. The van der Waals surface area contributed by atoms with E-state index in [4.69, 9.17) is 14.2 Å². The summed E-state index contributed by atoms with van der Waals surface area (Å²) in [6.07, 6.45) is 0. The van der Waals surface area contributed by atoms with E-state index >= 15 is 0 Å². The molecule has 0 saturated heterocycles. The van der Waals surface area contributed by atoms with E-state index < -0.39 is 0 Å². The first-order chi connectivity index (χ1) is 13.1. The number of benzene rings is 2. The highest BCUT2D eigenvalue weighted by Crippen LogP contribution is 2.30. The number of hydrogen-bond acceptors (Lipinski definition) is 4. The number of anilines is 1. The fourth-order valence-corrected chi connectivity index (χ4v) is 2.45. The predicted octanol–water partition coefficient (Wildman–Crippen LogP) is 4.44. The van der Waals surface area contributed by atoms with Crippen LogP contribution in [0.2, 0.25) is 0 Å². The van der Waals surface area contributed by atoms with Crippen molar-refractivity contribution in [2.45, 2.75) is 20.4 Å². The van der Waals surface area contributed by atoms with Gasteiger partial charge >= 0.3 is 0 Å². The first-order valence-corrected chi connectivity index (χ1v) is 8.81. The van der Waals surface area contributed by atoms with Crippen LogP contribution in [0.15, 0.2) is 41.4 Å². The fraction of sp³-hybridized carbons (Fsp3) is 0.350. The molecule has 28 heavy (non-hydrogen) atoms. The van der Waals surface area contributed by atoms with Gasteiger partial charge in [-0.25, -0.2) is 4.39 Å². The Hall–Kier alpha value is -2.23. The summed E-state index contributed by atoms with van der Waals surface area (Å²) in [4.78, 5) is 4.19. The van der Waals surface area contributed by atoms with Crippen molar-refractivity contribution in [3.05, 3.63) is 47.8 Å². The van der Waals surface area contributed by atoms with Gasteiger partial charge in [-0.05, 0) is 43.7 Å². The molecule has 0 saturated carbocycles. The number of nitrogens with zero attached hydrogens (tertiary/aromatic N) is 1. The van der Waals surface area contributed by atoms with Crippen LogP contribution in [0.1, 0.15) is 19.4 Å². The summed E-state index contributed by atoms with van der Waals surface area (Å²) in [5.41, 5.74) is 1.58. The molecule has 8 heteroatoms. The molecule has 0 radical (unpaired) electrons. The minimum absolute atomic E-state index is 0. The molecule has 0 spiro atoms. The van der Waals surface area contributed by atoms with Crippen LogP contribution < -0.4 is 24.8 Å². The van der Waals surface area contributed by atoms with Crippen LogP contribution in [0.25, 0.3) is 0 Å². The van der Waals surface area contributed by atoms with E-state index in [2.05, 4.69) is 15.6 Å². The van der Waals surface area contributed by atoms with Gasteiger partial charge in [0.2, 0.25) is 0 Å². The lowest BCUT2D eigenvalue weighted by molar-refractivity contribution is 0.311. The average Bonchev–Trinajstić information content (AvgIpc) is 2.67. The summed E-state index contributed by atoms with van der Waals surface area (Å²) < 4.78 is 30.0. The van der Waals surface area contributed by atoms with Gasteiger partial charge < -0.3 is 24.8 Å². The lowest BCUT2D eigenvalue weighted by Crippen LogP contribution is -2.30. The van der Waals surface area contributed by atoms with Crippen LogP contribution in [0.5, 0.6) is 17.2 Å². The van der Waals surface area contributed by atoms with Crippen molar-refractivity contribution in [2.24, 2.45) is 4.99 Å². The molecule has 0 aromatic heterocycles. The maximum atomic E-state index is 14.0. The molecule has 2 aromatic rings. The number of halogens is 2. The van der Waals surface area contributed by atoms with E-state index in [0.717, 1.165) is 11.3 Å². The van der Waals surface area contributed by atoms with E-state index in [1.165, 1.54) is 6.07 Å². The van der Waals surface area contributed by atoms with E-state index in [-0.39, 0.29) is 35.5 Å². The zero-order chi connectivity index (χ0) is 19.6. The number of aliphatic imine (C=N–C) groups is 1. The molecule has 0 bridgehead atoms. The average molecular weight is 503 g/mol. The quantitative estimate of drug-likeness (QED) is 0.317. The van der Waals surface area contributed by atoms with E-state index in [1.54, 1.807) is 20.2 Å². The Labute approximate surface area is 182 Å². The number of rotatable bonds is 8. The Kier molecular flexibility index (Phi) is 10.4. The van der Waals surface area contributed by atoms with E-state index in [1.807, 2.05) is 38.1 Å². The molecule has 0 aliphatic rings. The van der Waals surface area contributed by atoms with E-state index in [0.29, 0.717) is 37.2 Å². The van der Waals surface area contributed by atoms with Gasteiger partial charge in [-0.3, -0.25) is 4.99 Å². The van der Waals surface area contributed by atoms with Crippen molar-refractivity contribution in [1.82, 2.24) is 5.32 Å². The predicted molar refractivity (Wildman–Crippen MR) is 121 cm³/mol. The van der Waals surface area contributed by atoms with Crippen LogP contribution in [0.3, 0.4) is 0 Å². The normalized spacial score (nSPS) is 10.7. The number of guanidine groups is 1. The zero-order valence-electron chi connectivity index (χ0n) is 16.5. The molecule has 2 aromatic carbocycles. The third-order valence-corrected chi connectivity index (χ3v) is 3.71. The topological polar surface area (TPSA) is 64.1 Å². The Morgan fingerprint density at radius 2 is 1.68 bits per heavy atom. The summed E-state index contributed by atoms with van der Waals surface area (Å²) in [5.74, 6) is 1.74. The maximum Gasteiger partial charge on any atom is 0.195 e. The monoisotopic (exact) mass is 503 g/mol. The molecule has 0 aliphatic carbocycles. The number of methoxy groups -OCH3 is 1. The summed E-state index contributed by atoms with van der Waals surface area (Å²) in [6, 6.07) is 10.4. The van der Waals surface area contributed by atoms with Crippen LogP contribution in [-0.4, -0.2) is 33.3 Å². The van der Waals surface area contributed by atoms with Crippen molar-refractivity contribution in [3.8, 4) is 17.2 Å².